The first kappa shape index (κ1) is 13.7. The van der Waals surface area contributed by atoms with Gasteiger partial charge < -0.3 is 5.32 Å². The largest absolute Gasteiger partial charge is 0.308 e. The highest BCUT2D eigenvalue weighted by Gasteiger charge is 2.13. The van der Waals surface area contributed by atoms with Gasteiger partial charge in [-0.1, -0.05) is 0 Å². The lowest BCUT2D eigenvalue weighted by Gasteiger charge is -2.20. The molecule has 0 amide bonds. The van der Waals surface area contributed by atoms with Gasteiger partial charge in [0.15, 0.2) is 11.6 Å². The number of hydrogen-bond acceptors (Lipinski definition) is 2. The van der Waals surface area contributed by atoms with E-state index in [0.717, 1.165) is 11.6 Å². The van der Waals surface area contributed by atoms with Crippen LogP contribution in [-0.4, -0.2) is 15.7 Å². The van der Waals surface area contributed by atoms with Gasteiger partial charge in [0.05, 0.1) is 11.9 Å². The molecule has 0 aliphatic rings. The summed E-state index contributed by atoms with van der Waals surface area (Å²) in [6.07, 6.45) is 1.69. The lowest BCUT2D eigenvalue weighted by Crippen LogP contribution is -2.35. The Morgan fingerprint density at radius 2 is 1.95 bits per heavy atom. The molecule has 0 aliphatic heterocycles. The van der Waals surface area contributed by atoms with Crippen molar-refractivity contribution in [3.05, 3.63) is 41.6 Å². The number of H-pyrrole nitrogens is 1. The van der Waals surface area contributed by atoms with Crippen LogP contribution in [0.3, 0.4) is 0 Å². The molecule has 0 saturated heterocycles. The predicted molar refractivity (Wildman–Crippen MR) is 70.5 cm³/mol. The van der Waals surface area contributed by atoms with E-state index in [4.69, 9.17) is 0 Å². The Hall–Kier alpha value is -1.75. The van der Waals surface area contributed by atoms with E-state index in [0.29, 0.717) is 17.8 Å². The van der Waals surface area contributed by atoms with E-state index in [1.54, 1.807) is 6.20 Å². The van der Waals surface area contributed by atoms with Crippen LogP contribution in [0.5, 0.6) is 0 Å². The quantitative estimate of drug-likeness (QED) is 0.894. The number of halogens is 2. The average Bonchev–Trinajstić information content (AvgIpc) is 2.77. The molecule has 0 saturated carbocycles. The molecule has 2 rings (SSSR count). The molecule has 19 heavy (non-hydrogen) atoms. The summed E-state index contributed by atoms with van der Waals surface area (Å²) in [6.45, 7) is 6.79. The van der Waals surface area contributed by atoms with Crippen molar-refractivity contribution in [2.24, 2.45) is 0 Å². The van der Waals surface area contributed by atoms with E-state index in [-0.39, 0.29) is 5.54 Å². The normalized spacial score (nSPS) is 11.8. The highest BCUT2D eigenvalue weighted by Crippen LogP contribution is 2.23. The molecule has 2 N–H and O–H groups in total. The Labute approximate surface area is 111 Å². The van der Waals surface area contributed by atoms with Crippen LogP contribution in [0.15, 0.2) is 24.4 Å². The van der Waals surface area contributed by atoms with Crippen molar-refractivity contribution in [2.45, 2.75) is 32.9 Å². The van der Waals surface area contributed by atoms with Crippen LogP contribution in [0.1, 0.15) is 26.3 Å². The van der Waals surface area contributed by atoms with Gasteiger partial charge >= 0.3 is 0 Å². The minimum Gasteiger partial charge on any atom is -0.308 e. The van der Waals surface area contributed by atoms with E-state index >= 15 is 0 Å². The zero-order chi connectivity index (χ0) is 14.0. The van der Waals surface area contributed by atoms with E-state index in [2.05, 4.69) is 36.3 Å². The molecular weight excluding hydrogens is 248 g/mol. The first-order chi connectivity index (χ1) is 8.87. The molecule has 0 unspecified atom stereocenters. The summed E-state index contributed by atoms with van der Waals surface area (Å²) in [6, 6.07) is 3.82. The highest BCUT2D eigenvalue weighted by atomic mass is 19.2. The lowest BCUT2D eigenvalue weighted by atomic mass is 10.1. The van der Waals surface area contributed by atoms with Crippen LogP contribution in [-0.2, 0) is 6.54 Å². The van der Waals surface area contributed by atoms with Crippen molar-refractivity contribution < 1.29 is 8.78 Å². The number of aromatic amines is 1. The minimum atomic E-state index is -0.859. The molecule has 1 aromatic heterocycles. The summed E-state index contributed by atoms with van der Waals surface area (Å²) in [5.41, 5.74) is 2.18. The van der Waals surface area contributed by atoms with Gasteiger partial charge in [-0.05, 0) is 39.0 Å². The van der Waals surface area contributed by atoms with Gasteiger partial charge in [0.2, 0.25) is 0 Å². The molecule has 5 heteroatoms. The fourth-order valence-electron chi connectivity index (χ4n) is 1.71. The third-order valence-corrected chi connectivity index (χ3v) is 2.74. The van der Waals surface area contributed by atoms with Crippen LogP contribution >= 0.6 is 0 Å². The van der Waals surface area contributed by atoms with Gasteiger partial charge in [-0.2, -0.15) is 5.10 Å². The lowest BCUT2D eigenvalue weighted by molar-refractivity contribution is 0.424. The summed E-state index contributed by atoms with van der Waals surface area (Å²) < 4.78 is 26.2. The maximum Gasteiger partial charge on any atom is 0.159 e. The Morgan fingerprint density at radius 1 is 1.21 bits per heavy atom. The fraction of sp³-hybridized carbons (Fsp3) is 0.357. The molecule has 0 radical (unpaired) electrons. The van der Waals surface area contributed by atoms with Gasteiger partial charge in [0.25, 0.3) is 0 Å². The van der Waals surface area contributed by atoms with Crippen LogP contribution in [0.25, 0.3) is 11.3 Å². The fourth-order valence-corrected chi connectivity index (χ4v) is 1.71. The molecule has 3 nitrogen and oxygen atoms in total. The predicted octanol–water partition coefficient (Wildman–Crippen LogP) is 3.24. The number of aromatic nitrogens is 2. The highest BCUT2D eigenvalue weighted by molar-refractivity contribution is 5.62. The van der Waals surface area contributed by atoms with Crippen LogP contribution < -0.4 is 5.32 Å². The summed E-state index contributed by atoms with van der Waals surface area (Å²) in [7, 11) is 0. The second-order valence-corrected chi connectivity index (χ2v) is 5.50. The van der Waals surface area contributed by atoms with Crippen LogP contribution in [0.4, 0.5) is 8.78 Å². The minimum absolute atomic E-state index is 0.0252. The average molecular weight is 265 g/mol. The number of hydrogen-bond donors (Lipinski definition) is 2. The van der Waals surface area contributed by atoms with Gasteiger partial charge in [0, 0.05) is 23.2 Å². The van der Waals surface area contributed by atoms with Gasteiger partial charge in [-0.25, -0.2) is 8.78 Å². The molecular formula is C14H17F2N3. The first-order valence-corrected chi connectivity index (χ1v) is 6.09. The number of nitrogens with zero attached hydrogens (tertiary/aromatic N) is 1. The van der Waals surface area contributed by atoms with Crippen molar-refractivity contribution in [3.63, 3.8) is 0 Å². The monoisotopic (exact) mass is 265 g/mol. The molecule has 1 aromatic carbocycles. The van der Waals surface area contributed by atoms with Crippen molar-refractivity contribution in [1.29, 1.82) is 0 Å². The Morgan fingerprint density at radius 3 is 2.58 bits per heavy atom. The summed E-state index contributed by atoms with van der Waals surface area (Å²) >= 11 is 0. The zero-order valence-corrected chi connectivity index (χ0v) is 11.2. The van der Waals surface area contributed by atoms with E-state index in [1.807, 2.05) is 0 Å². The maximum absolute atomic E-state index is 13.3. The number of nitrogens with one attached hydrogen (secondary N) is 2. The van der Waals surface area contributed by atoms with Crippen molar-refractivity contribution >= 4 is 0 Å². The molecule has 0 bridgehead atoms. The Bertz CT molecular complexity index is 570. The molecule has 2 aromatic rings. The SMILES string of the molecule is CC(C)(C)NCc1cn[nH]c1-c1ccc(F)c(F)c1. The van der Waals surface area contributed by atoms with Crippen molar-refractivity contribution in [1.82, 2.24) is 15.5 Å². The Kier molecular flexibility index (Phi) is 3.66. The van der Waals surface area contributed by atoms with Crippen LogP contribution in [0.2, 0.25) is 0 Å². The topological polar surface area (TPSA) is 40.7 Å². The third kappa shape index (κ3) is 3.38. The van der Waals surface area contributed by atoms with Crippen molar-refractivity contribution in [3.8, 4) is 11.3 Å². The molecule has 0 fully saturated rings. The second-order valence-electron chi connectivity index (χ2n) is 5.50. The van der Waals surface area contributed by atoms with E-state index in [1.165, 1.54) is 12.1 Å². The maximum atomic E-state index is 13.3. The van der Waals surface area contributed by atoms with E-state index in [9.17, 15) is 8.78 Å². The molecule has 102 valence electrons. The number of benzene rings is 1. The third-order valence-electron chi connectivity index (χ3n) is 2.74. The second kappa shape index (κ2) is 5.09. The van der Waals surface area contributed by atoms with E-state index < -0.39 is 11.6 Å². The van der Waals surface area contributed by atoms with Gasteiger partial charge in [-0.3, -0.25) is 5.10 Å². The molecule has 1 heterocycles. The van der Waals surface area contributed by atoms with Crippen LogP contribution in [0, 0.1) is 11.6 Å². The molecule has 0 aliphatic carbocycles. The smallest absolute Gasteiger partial charge is 0.159 e. The number of rotatable bonds is 3. The standard InChI is InChI=1S/C14H17F2N3/c1-14(2,3)17-7-10-8-18-19-13(10)9-4-5-11(15)12(16)6-9/h4-6,8,17H,7H2,1-3H3,(H,18,19). The van der Waals surface area contributed by atoms with Gasteiger partial charge in [0.1, 0.15) is 0 Å². The van der Waals surface area contributed by atoms with Gasteiger partial charge in [-0.15, -0.1) is 0 Å². The van der Waals surface area contributed by atoms with Crippen molar-refractivity contribution in [2.75, 3.05) is 0 Å². The summed E-state index contributed by atoms with van der Waals surface area (Å²) in [4.78, 5) is 0. The molecule has 0 spiro atoms. The zero-order valence-electron chi connectivity index (χ0n) is 11.2. The summed E-state index contributed by atoms with van der Waals surface area (Å²) in [5, 5.41) is 10.1. The Balaban J connectivity index is 2.26. The molecule has 0 atom stereocenters. The first-order valence-electron chi connectivity index (χ1n) is 6.09. The summed E-state index contributed by atoms with van der Waals surface area (Å²) in [5.74, 6) is -1.71.